The van der Waals surface area contributed by atoms with E-state index in [1.165, 1.54) is 16.0 Å². The molecule has 36 heavy (non-hydrogen) atoms. The normalized spacial score (nSPS) is 17.2. The van der Waals surface area contributed by atoms with E-state index in [0.29, 0.717) is 5.82 Å². The molecule has 182 valence electrons. The molecule has 6 rings (SSSR count). The monoisotopic (exact) mass is 497 g/mol. The molecule has 4 heterocycles. The van der Waals surface area contributed by atoms with Crippen molar-refractivity contribution in [3.63, 3.8) is 0 Å². The summed E-state index contributed by atoms with van der Waals surface area (Å²) in [4.78, 5) is 20.7. The van der Waals surface area contributed by atoms with Crippen LogP contribution < -0.4 is 4.90 Å². The van der Waals surface area contributed by atoms with Crippen LogP contribution in [0.25, 0.3) is 5.00 Å². The fourth-order valence-electron chi connectivity index (χ4n) is 5.16. The van der Waals surface area contributed by atoms with E-state index < -0.39 is 17.9 Å². The van der Waals surface area contributed by atoms with Crippen LogP contribution in [-0.4, -0.2) is 31.6 Å². The fourth-order valence-corrected chi connectivity index (χ4v) is 6.38. The van der Waals surface area contributed by atoms with Gasteiger partial charge in [-0.05, 0) is 56.5 Å². The number of carbonyl (C=O) groups is 1. The van der Waals surface area contributed by atoms with Crippen LogP contribution in [0.15, 0.2) is 53.5 Å². The van der Waals surface area contributed by atoms with Crippen molar-refractivity contribution >= 4 is 28.7 Å². The summed E-state index contributed by atoms with van der Waals surface area (Å²) in [5, 5.41) is 19.6. The molecule has 0 bridgehead atoms. The first-order chi connectivity index (χ1) is 17.3. The van der Waals surface area contributed by atoms with Crippen LogP contribution in [0, 0.1) is 26.7 Å². The maximum Gasteiger partial charge on any atom is 0.308 e. The van der Waals surface area contributed by atoms with Crippen molar-refractivity contribution < 1.29 is 9.90 Å². The van der Waals surface area contributed by atoms with Gasteiger partial charge < -0.3 is 10.0 Å². The van der Waals surface area contributed by atoms with Gasteiger partial charge in [-0.2, -0.15) is 0 Å². The van der Waals surface area contributed by atoms with E-state index in [0.717, 1.165) is 52.0 Å². The third-order valence-corrected chi connectivity index (χ3v) is 8.59. The molecule has 0 spiro atoms. The molecular formula is C28H27N5O2S. The number of aromatic nitrogens is 3. The molecule has 0 fully saturated rings. The lowest BCUT2D eigenvalue weighted by molar-refractivity contribution is -0.141. The predicted octanol–water partition coefficient (Wildman–Crippen LogP) is 5.39. The van der Waals surface area contributed by atoms with E-state index in [-0.39, 0.29) is 0 Å². The molecule has 1 unspecified atom stereocenters. The summed E-state index contributed by atoms with van der Waals surface area (Å²) in [6, 6.07) is 16.4. The Kier molecular flexibility index (Phi) is 5.30. The minimum Gasteiger partial charge on any atom is -0.481 e. The fraction of sp³-hybridized carbons (Fsp3) is 0.286. The molecule has 2 aromatic heterocycles. The van der Waals surface area contributed by atoms with Crippen LogP contribution in [-0.2, 0) is 17.9 Å². The van der Waals surface area contributed by atoms with Gasteiger partial charge in [0.1, 0.15) is 16.9 Å². The van der Waals surface area contributed by atoms with Gasteiger partial charge >= 0.3 is 5.97 Å². The second-order valence-electron chi connectivity index (χ2n) is 9.63. The van der Waals surface area contributed by atoms with E-state index in [2.05, 4.69) is 77.5 Å². The second-order valence-corrected chi connectivity index (χ2v) is 10.8. The van der Waals surface area contributed by atoms with Crippen molar-refractivity contribution in [1.82, 2.24) is 14.8 Å². The van der Waals surface area contributed by atoms with Crippen LogP contribution >= 0.6 is 11.3 Å². The van der Waals surface area contributed by atoms with Gasteiger partial charge in [-0.1, -0.05) is 36.4 Å². The van der Waals surface area contributed by atoms with Crippen LogP contribution in [0.4, 0.5) is 5.69 Å². The Labute approximate surface area is 213 Å². The van der Waals surface area contributed by atoms with Crippen LogP contribution in [0.1, 0.15) is 57.3 Å². The van der Waals surface area contributed by atoms with Crippen molar-refractivity contribution in [2.24, 2.45) is 10.9 Å². The Bertz CT molecular complexity index is 1510. The number of rotatable bonds is 4. The maximum absolute atomic E-state index is 12.1. The third-order valence-electron chi connectivity index (χ3n) is 7.40. The van der Waals surface area contributed by atoms with E-state index in [1.54, 1.807) is 18.3 Å². The van der Waals surface area contributed by atoms with Crippen molar-refractivity contribution in [2.45, 2.75) is 46.8 Å². The maximum atomic E-state index is 12.1. The molecule has 0 radical (unpaired) electrons. The number of thiophene rings is 1. The number of hydrogen-bond donors (Lipinski definition) is 1. The predicted molar refractivity (Wildman–Crippen MR) is 141 cm³/mol. The SMILES string of the molecule is Cc1sc2c(c1C)C(c1ccc(N3Cc4ccccc4C3)cc1)=N[C@@H](C(C)C(=O)O)c1nnc(C)n1-2. The number of nitrogens with zero attached hydrogens (tertiary/aromatic N) is 5. The number of aliphatic carboxylic acids is 1. The average molecular weight is 498 g/mol. The molecule has 0 saturated carbocycles. The Morgan fingerprint density at radius 2 is 1.69 bits per heavy atom. The topological polar surface area (TPSA) is 83.6 Å². The highest BCUT2D eigenvalue weighted by Crippen LogP contribution is 2.41. The average Bonchev–Trinajstić information content (AvgIpc) is 3.53. The molecular weight excluding hydrogens is 470 g/mol. The zero-order valence-corrected chi connectivity index (χ0v) is 21.5. The van der Waals surface area contributed by atoms with Gasteiger partial charge in [0, 0.05) is 34.8 Å². The van der Waals surface area contributed by atoms with Crippen LogP contribution in [0.5, 0.6) is 0 Å². The van der Waals surface area contributed by atoms with Crippen LogP contribution in [0.2, 0.25) is 0 Å². The molecule has 0 aliphatic carbocycles. The largest absolute Gasteiger partial charge is 0.481 e. The first-order valence-corrected chi connectivity index (χ1v) is 12.9. The number of anilines is 1. The molecule has 8 heteroatoms. The lowest BCUT2D eigenvalue weighted by Crippen LogP contribution is -2.21. The number of carboxylic acids is 1. The van der Waals surface area contributed by atoms with Gasteiger partial charge in [0.15, 0.2) is 5.82 Å². The summed E-state index contributed by atoms with van der Waals surface area (Å²) in [7, 11) is 0. The Morgan fingerprint density at radius 1 is 1.03 bits per heavy atom. The molecule has 1 N–H and O–H groups in total. The first-order valence-electron chi connectivity index (χ1n) is 12.1. The number of benzene rings is 2. The summed E-state index contributed by atoms with van der Waals surface area (Å²) in [5.41, 5.74) is 7.85. The third kappa shape index (κ3) is 3.47. The van der Waals surface area contributed by atoms with Gasteiger partial charge in [0.05, 0.1) is 11.6 Å². The van der Waals surface area contributed by atoms with E-state index in [4.69, 9.17) is 4.99 Å². The van der Waals surface area contributed by atoms with Gasteiger partial charge in [-0.15, -0.1) is 21.5 Å². The van der Waals surface area contributed by atoms with Crippen molar-refractivity contribution in [1.29, 1.82) is 0 Å². The van der Waals surface area contributed by atoms with E-state index in [9.17, 15) is 9.90 Å². The van der Waals surface area contributed by atoms with Crippen molar-refractivity contribution in [3.8, 4) is 5.00 Å². The summed E-state index contributed by atoms with van der Waals surface area (Å²) in [6.45, 7) is 9.60. The number of aryl methyl sites for hydroxylation is 2. The smallest absolute Gasteiger partial charge is 0.308 e. The van der Waals surface area contributed by atoms with Gasteiger partial charge in [0.25, 0.3) is 0 Å². The molecule has 2 aliphatic rings. The Hall–Kier alpha value is -3.78. The number of fused-ring (bicyclic) bond motifs is 4. The zero-order valence-electron chi connectivity index (χ0n) is 20.7. The number of hydrogen-bond acceptors (Lipinski definition) is 6. The highest BCUT2D eigenvalue weighted by atomic mass is 32.1. The van der Waals surface area contributed by atoms with Gasteiger partial charge in [0.2, 0.25) is 0 Å². The standard InChI is InChI=1S/C28H27N5O2S/c1-15-17(3)36-27-23(15)25(29-24(16(2)28(34)35)26-31-30-18(4)33(26)27)19-9-11-22(12-10-19)32-13-20-7-5-6-8-21(20)14-32/h5-12,16,24H,13-14H2,1-4H3,(H,34,35)/t16?,24-/m0/s1. The lowest BCUT2D eigenvalue weighted by atomic mass is 9.98. The highest BCUT2D eigenvalue weighted by Gasteiger charge is 2.36. The van der Waals surface area contributed by atoms with Crippen molar-refractivity contribution in [2.75, 3.05) is 4.90 Å². The van der Waals surface area contributed by atoms with E-state index in [1.807, 2.05) is 11.5 Å². The first kappa shape index (κ1) is 22.7. The molecule has 2 aromatic carbocycles. The summed E-state index contributed by atoms with van der Waals surface area (Å²) < 4.78 is 2.00. The zero-order chi connectivity index (χ0) is 25.1. The molecule has 2 atom stereocenters. The second kappa shape index (κ2) is 8.41. The number of carboxylic acid groups (broad SMARTS) is 1. The quantitative estimate of drug-likeness (QED) is 0.409. The minimum atomic E-state index is -0.905. The minimum absolute atomic E-state index is 0.575. The molecule has 0 amide bonds. The molecule has 7 nitrogen and oxygen atoms in total. The van der Waals surface area contributed by atoms with E-state index >= 15 is 0 Å². The van der Waals surface area contributed by atoms with Crippen molar-refractivity contribution in [3.05, 3.63) is 92.9 Å². The number of aliphatic imine (C=N–C) groups is 1. The molecule has 0 saturated heterocycles. The molecule has 4 aromatic rings. The van der Waals surface area contributed by atoms with Crippen LogP contribution in [0.3, 0.4) is 0 Å². The van der Waals surface area contributed by atoms with Gasteiger partial charge in [-0.3, -0.25) is 14.4 Å². The summed E-state index contributed by atoms with van der Waals surface area (Å²) >= 11 is 1.68. The highest BCUT2D eigenvalue weighted by molar-refractivity contribution is 7.15. The lowest BCUT2D eigenvalue weighted by Gasteiger charge is -2.19. The van der Waals surface area contributed by atoms with Gasteiger partial charge in [-0.25, -0.2) is 0 Å². The summed E-state index contributed by atoms with van der Waals surface area (Å²) in [5.74, 6) is -0.348. The molecule has 2 aliphatic heterocycles. The Morgan fingerprint density at radius 3 is 2.33 bits per heavy atom. The summed E-state index contributed by atoms with van der Waals surface area (Å²) in [6.07, 6.45) is 0. The Balaban J connectivity index is 1.46.